The maximum Gasteiger partial charge on any atom is 0.314 e. The zero-order chi connectivity index (χ0) is 13.9. The summed E-state index contributed by atoms with van der Waals surface area (Å²) in [6.45, 7) is 6.75. The topological polar surface area (TPSA) is 50.4 Å². The molecular formula is C15H24N2O2. The highest BCUT2D eigenvalue weighted by atomic mass is 16.5. The Hall–Kier alpha value is -1.55. The van der Waals surface area contributed by atoms with E-state index < -0.39 is 0 Å². The number of carbonyl (C=O) groups excluding carboxylic acids is 1. The van der Waals surface area contributed by atoms with Crippen molar-refractivity contribution in [1.82, 2.24) is 10.6 Å². The summed E-state index contributed by atoms with van der Waals surface area (Å²) in [5.41, 5.74) is 2.49. The van der Waals surface area contributed by atoms with E-state index in [0.29, 0.717) is 19.7 Å². The third-order valence-electron chi connectivity index (χ3n) is 2.77. The molecule has 19 heavy (non-hydrogen) atoms. The number of hydrogen-bond donors (Lipinski definition) is 2. The number of ether oxygens (including phenoxy) is 1. The molecule has 0 unspecified atom stereocenters. The molecule has 0 aliphatic carbocycles. The van der Waals surface area contributed by atoms with E-state index in [1.807, 2.05) is 6.92 Å². The van der Waals surface area contributed by atoms with E-state index in [-0.39, 0.29) is 6.03 Å². The lowest BCUT2D eigenvalue weighted by Gasteiger charge is -2.08. The van der Waals surface area contributed by atoms with Crippen LogP contribution in [0.25, 0.3) is 0 Å². The lowest BCUT2D eigenvalue weighted by molar-refractivity contribution is 0.145. The first kappa shape index (κ1) is 15.5. The number of amides is 2. The van der Waals surface area contributed by atoms with Gasteiger partial charge in [-0.3, -0.25) is 0 Å². The highest BCUT2D eigenvalue weighted by Crippen LogP contribution is 2.02. The highest BCUT2D eigenvalue weighted by molar-refractivity contribution is 5.73. The summed E-state index contributed by atoms with van der Waals surface area (Å²) in [5, 5.41) is 5.65. The maximum atomic E-state index is 11.5. The SMILES string of the molecule is CCOCCCNC(=O)NCCc1ccc(C)cc1. The van der Waals surface area contributed by atoms with Crippen LogP contribution in [0.2, 0.25) is 0 Å². The first-order valence-electron chi connectivity index (χ1n) is 6.87. The zero-order valence-electron chi connectivity index (χ0n) is 11.9. The number of carbonyl (C=O) groups is 1. The molecule has 2 amide bonds. The molecule has 1 aromatic rings. The van der Waals surface area contributed by atoms with Crippen molar-refractivity contribution in [2.24, 2.45) is 0 Å². The van der Waals surface area contributed by atoms with Crippen LogP contribution in [-0.2, 0) is 11.2 Å². The van der Waals surface area contributed by atoms with Crippen molar-refractivity contribution in [2.75, 3.05) is 26.3 Å². The van der Waals surface area contributed by atoms with Gasteiger partial charge in [-0.2, -0.15) is 0 Å². The Morgan fingerprint density at radius 3 is 2.53 bits per heavy atom. The van der Waals surface area contributed by atoms with Crippen LogP contribution in [0.15, 0.2) is 24.3 Å². The molecule has 1 aromatic carbocycles. The molecule has 0 aromatic heterocycles. The largest absolute Gasteiger partial charge is 0.382 e. The predicted octanol–water partition coefficient (Wildman–Crippen LogP) is 2.26. The normalized spacial score (nSPS) is 10.2. The third-order valence-corrected chi connectivity index (χ3v) is 2.77. The van der Waals surface area contributed by atoms with Gasteiger partial charge in [0.1, 0.15) is 0 Å². The zero-order valence-corrected chi connectivity index (χ0v) is 11.9. The van der Waals surface area contributed by atoms with E-state index in [2.05, 4.69) is 41.8 Å². The molecule has 0 radical (unpaired) electrons. The molecule has 0 saturated heterocycles. The Morgan fingerprint density at radius 1 is 1.16 bits per heavy atom. The van der Waals surface area contributed by atoms with E-state index in [9.17, 15) is 4.79 Å². The summed E-state index contributed by atoms with van der Waals surface area (Å²) in [6, 6.07) is 8.25. The summed E-state index contributed by atoms with van der Waals surface area (Å²) < 4.78 is 5.19. The van der Waals surface area contributed by atoms with Crippen molar-refractivity contribution in [1.29, 1.82) is 0 Å². The van der Waals surface area contributed by atoms with Crippen LogP contribution in [0.4, 0.5) is 4.79 Å². The van der Waals surface area contributed by atoms with Gasteiger partial charge < -0.3 is 15.4 Å². The fraction of sp³-hybridized carbons (Fsp3) is 0.533. The monoisotopic (exact) mass is 264 g/mol. The molecule has 0 fully saturated rings. The highest BCUT2D eigenvalue weighted by Gasteiger charge is 1.99. The van der Waals surface area contributed by atoms with Crippen LogP contribution < -0.4 is 10.6 Å². The van der Waals surface area contributed by atoms with Gasteiger partial charge in [0.2, 0.25) is 0 Å². The van der Waals surface area contributed by atoms with Crippen molar-refractivity contribution in [3.05, 3.63) is 35.4 Å². The fourth-order valence-electron chi connectivity index (χ4n) is 1.66. The standard InChI is InChI=1S/C15H24N2O2/c1-3-19-12-4-10-16-15(18)17-11-9-14-7-5-13(2)6-8-14/h5-8H,3-4,9-12H2,1-2H3,(H2,16,17,18). The summed E-state index contributed by atoms with van der Waals surface area (Å²) in [7, 11) is 0. The molecule has 2 N–H and O–H groups in total. The molecular weight excluding hydrogens is 240 g/mol. The summed E-state index contributed by atoms with van der Waals surface area (Å²) in [6.07, 6.45) is 1.70. The molecule has 0 heterocycles. The molecule has 0 spiro atoms. The molecule has 106 valence electrons. The van der Waals surface area contributed by atoms with Crippen LogP contribution in [0, 0.1) is 6.92 Å². The Bertz CT molecular complexity index is 363. The molecule has 4 heteroatoms. The lowest BCUT2D eigenvalue weighted by atomic mass is 10.1. The van der Waals surface area contributed by atoms with Crippen molar-refractivity contribution >= 4 is 6.03 Å². The number of benzene rings is 1. The first-order chi connectivity index (χ1) is 9.22. The predicted molar refractivity (Wildman–Crippen MR) is 77.4 cm³/mol. The van der Waals surface area contributed by atoms with Gasteiger partial charge in [0.05, 0.1) is 0 Å². The average molecular weight is 264 g/mol. The van der Waals surface area contributed by atoms with E-state index in [1.165, 1.54) is 11.1 Å². The van der Waals surface area contributed by atoms with Gasteiger partial charge in [0.15, 0.2) is 0 Å². The fourth-order valence-corrected chi connectivity index (χ4v) is 1.66. The van der Waals surface area contributed by atoms with Crippen LogP contribution >= 0.6 is 0 Å². The quantitative estimate of drug-likeness (QED) is 0.708. The molecule has 0 aliphatic rings. The van der Waals surface area contributed by atoms with E-state index in [1.54, 1.807) is 0 Å². The Labute approximate surface area is 115 Å². The second-order valence-corrected chi connectivity index (χ2v) is 4.47. The van der Waals surface area contributed by atoms with Gasteiger partial charge in [0, 0.05) is 26.3 Å². The van der Waals surface area contributed by atoms with Gasteiger partial charge in [-0.05, 0) is 32.3 Å². The van der Waals surface area contributed by atoms with Gasteiger partial charge in [0.25, 0.3) is 0 Å². The van der Waals surface area contributed by atoms with E-state index >= 15 is 0 Å². The van der Waals surface area contributed by atoms with Crippen LogP contribution in [0.5, 0.6) is 0 Å². The number of rotatable bonds is 8. The van der Waals surface area contributed by atoms with Gasteiger partial charge in [-0.15, -0.1) is 0 Å². The minimum atomic E-state index is -0.108. The van der Waals surface area contributed by atoms with Crippen molar-refractivity contribution in [3.63, 3.8) is 0 Å². The Balaban J connectivity index is 2.05. The molecule has 0 saturated carbocycles. The lowest BCUT2D eigenvalue weighted by Crippen LogP contribution is -2.37. The Morgan fingerprint density at radius 2 is 1.84 bits per heavy atom. The summed E-state index contributed by atoms with van der Waals surface area (Å²) >= 11 is 0. The van der Waals surface area contributed by atoms with Crippen molar-refractivity contribution in [2.45, 2.75) is 26.7 Å². The van der Waals surface area contributed by atoms with Crippen LogP contribution in [0.1, 0.15) is 24.5 Å². The van der Waals surface area contributed by atoms with Crippen molar-refractivity contribution in [3.8, 4) is 0 Å². The summed E-state index contributed by atoms with van der Waals surface area (Å²) in [4.78, 5) is 11.5. The molecule has 0 atom stereocenters. The molecule has 4 nitrogen and oxygen atoms in total. The van der Waals surface area contributed by atoms with Crippen LogP contribution in [0.3, 0.4) is 0 Å². The number of aryl methyl sites for hydroxylation is 1. The molecule has 1 rings (SSSR count). The molecule has 0 aliphatic heterocycles. The second-order valence-electron chi connectivity index (χ2n) is 4.47. The third kappa shape index (κ3) is 7.47. The van der Waals surface area contributed by atoms with Gasteiger partial charge in [-0.1, -0.05) is 29.8 Å². The second kappa shape index (κ2) is 9.39. The van der Waals surface area contributed by atoms with Gasteiger partial charge >= 0.3 is 6.03 Å². The van der Waals surface area contributed by atoms with Gasteiger partial charge in [-0.25, -0.2) is 4.79 Å². The first-order valence-corrected chi connectivity index (χ1v) is 6.87. The van der Waals surface area contributed by atoms with E-state index in [4.69, 9.17) is 4.74 Å². The summed E-state index contributed by atoms with van der Waals surface area (Å²) in [5.74, 6) is 0. The number of hydrogen-bond acceptors (Lipinski definition) is 2. The minimum absolute atomic E-state index is 0.108. The Kier molecular flexibility index (Phi) is 7.66. The van der Waals surface area contributed by atoms with E-state index in [0.717, 1.165) is 19.4 Å². The van der Waals surface area contributed by atoms with Crippen LogP contribution in [-0.4, -0.2) is 32.3 Å². The molecule has 0 bridgehead atoms. The van der Waals surface area contributed by atoms with Crippen molar-refractivity contribution < 1.29 is 9.53 Å². The minimum Gasteiger partial charge on any atom is -0.382 e. The maximum absolute atomic E-state index is 11.5. The smallest absolute Gasteiger partial charge is 0.314 e. The number of urea groups is 1. The number of nitrogens with one attached hydrogen (secondary N) is 2. The average Bonchev–Trinajstić information content (AvgIpc) is 2.41.